The van der Waals surface area contributed by atoms with Crippen molar-refractivity contribution in [3.8, 4) is 0 Å². The highest BCUT2D eigenvalue weighted by molar-refractivity contribution is 7.17. The van der Waals surface area contributed by atoms with Crippen LogP contribution in [0.25, 0.3) is 10.2 Å². The summed E-state index contributed by atoms with van der Waals surface area (Å²) in [6.07, 6.45) is 1.12. The maximum Gasteiger partial charge on any atom is 0.404 e. The first kappa shape index (κ1) is 12.8. The molecule has 0 bridgehead atoms. The Hall–Kier alpha value is -1.66. The van der Waals surface area contributed by atoms with Crippen molar-refractivity contribution in [1.82, 2.24) is 10.3 Å². The second kappa shape index (κ2) is 5.79. The van der Waals surface area contributed by atoms with Gasteiger partial charge in [-0.2, -0.15) is 0 Å². The lowest BCUT2D eigenvalue weighted by atomic mass is 10.1. The van der Waals surface area contributed by atoms with Crippen molar-refractivity contribution in [2.75, 3.05) is 13.2 Å². The minimum atomic E-state index is -0.744. The van der Waals surface area contributed by atoms with Gasteiger partial charge in [0.15, 0.2) is 0 Å². The number of amides is 1. The zero-order valence-electron chi connectivity index (χ0n) is 10.1. The summed E-state index contributed by atoms with van der Waals surface area (Å²) in [5.74, 6) is 0. The maximum atomic E-state index is 10.4. The Labute approximate surface area is 109 Å². The van der Waals surface area contributed by atoms with Crippen molar-refractivity contribution < 1.29 is 9.53 Å². The van der Waals surface area contributed by atoms with Crippen LogP contribution in [0.1, 0.15) is 18.5 Å². The zero-order chi connectivity index (χ0) is 13.0. The van der Waals surface area contributed by atoms with Crippen molar-refractivity contribution in [3.63, 3.8) is 0 Å². The number of primary amides is 1. The Kier molecular flexibility index (Phi) is 4.11. The van der Waals surface area contributed by atoms with Crippen LogP contribution in [-0.4, -0.2) is 24.2 Å². The average Bonchev–Trinajstić information content (AvgIpc) is 2.81. The highest BCUT2D eigenvalue weighted by Gasteiger charge is 2.07. The molecule has 2 aromatic rings. The molecular weight excluding hydrogens is 250 g/mol. The Morgan fingerprint density at radius 1 is 1.67 bits per heavy atom. The van der Waals surface area contributed by atoms with Gasteiger partial charge < -0.3 is 15.8 Å². The number of nitrogens with two attached hydrogens (primary N) is 1. The average molecular weight is 265 g/mol. The summed E-state index contributed by atoms with van der Waals surface area (Å²) in [5, 5.41) is 5.27. The maximum absolute atomic E-state index is 10.4. The summed E-state index contributed by atoms with van der Waals surface area (Å²) in [4.78, 5) is 14.8. The van der Waals surface area contributed by atoms with E-state index in [1.54, 1.807) is 11.3 Å². The molecule has 1 amide bonds. The first-order chi connectivity index (χ1) is 8.66. The smallest absolute Gasteiger partial charge is 0.404 e. The first-order valence-electron chi connectivity index (χ1n) is 5.65. The van der Waals surface area contributed by atoms with Crippen molar-refractivity contribution in [2.24, 2.45) is 5.73 Å². The number of carbonyl (C=O) groups is 1. The lowest BCUT2D eigenvalue weighted by Gasteiger charge is -2.13. The molecule has 0 fully saturated rings. The predicted octanol–water partition coefficient (Wildman–Crippen LogP) is 2.04. The van der Waals surface area contributed by atoms with Gasteiger partial charge in [0.05, 0.1) is 10.2 Å². The van der Waals surface area contributed by atoms with Crippen LogP contribution in [-0.2, 0) is 4.74 Å². The van der Waals surface area contributed by atoms with E-state index in [4.69, 9.17) is 5.73 Å². The van der Waals surface area contributed by atoms with E-state index in [0.29, 0.717) is 6.54 Å². The van der Waals surface area contributed by atoms with Gasteiger partial charge in [0.2, 0.25) is 0 Å². The number of nitrogens with one attached hydrogen (secondary N) is 1. The standard InChI is InChI=1S/C12H15N3O2S/c1-8(14-3-4-17-12(13)16)9-6-11-10(15-7-9)2-5-18-11/h2,5-8,14H,3-4H2,1H3,(H2,13,16). The highest BCUT2D eigenvalue weighted by Crippen LogP contribution is 2.22. The normalized spacial score (nSPS) is 12.5. The summed E-state index contributed by atoms with van der Waals surface area (Å²) in [7, 11) is 0. The minimum absolute atomic E-state index is 0.153. The molecule has 2 aromatic heterocycles. The van der Waals surface area contributed by atoms with E-state index in [9.17, 15) is 4.79 Å². The Morgan fingerprint density at radius 2 is 2.50 bits per heavy atom. The van der Waals surface area contributed by atoms with E-state index < -0.39 is 6.09 Å². The SMILES string of the molecule is CC(NCCOC(N)=O)c1cnc2ccsc2c1. The van der Waals surface area contributed by atoms with Gasteiger partial charge in [0.25, 0.3) is 0 Å². The molecule has 2 rings (SSSR count). The number of hydrogen-bond donors (Lipinski definition) is 2. The van der Waals surface area contributed by atoms with Gasteiger partial charge >= 0.3 is 6.09 Å². The summed E-state index contributed by atoms with van der Waals surface area (Å²) in [5.41, 5.74) is 7.01. The molecule has 0 aliphatic heterocycles. The molecule has 18 heavy (non-hydrogen) atoms. The van der Waals surface area contributed by atoms with Crippen LogP contribution in [0.2, 0.25) is 0 Å². The Morgan fingerprint density at radius 3 is 3.28 bits per heavy atom. The third-order valence-corrected chi connectivity index (χ3v) is 3.47. The lowest BCUT2D eigenvalue weighted by molar-refractivity contribution is 0.156. The number of hydrogen-bond acceptors (Lipinski definition) is 5. The fourth-order valence-corrected chi connectivity index (χ4v) is 2.43. The molecule has 1 atom stereocenters. The van der Waals surface area contributed by atoms with E-state index in [1.807, 2.05) is 24.6 Å². The third kappa shape index (κ3) is 3.18. The van der Waals surface area contributed by atoms with Crippen LogP contribution in [0, 0.1) is 0 Å². The van der Waals surface area contributed by atoms with Crippen molar-refractivity contribution in [2.45, 2.75) is 13.0 Å². The van der Waals surface area contributed by atoms with Gasteiger partial charge in [-0.1, -0.05) is 0 Å². The van der Waals surface area contributed by atoms with Crippen LogP contribution < -0.4 is 11.1 Å². The minimum Gasteiger partial charge on any atom is -0.448 e. The molecule has 96 valence electrons. The fraction of sp³-hybridized carbons (Fsp3) is 0.333. The second-order valence-corrected chi connectivity index (χ2v) is 4.86. The summed E-state index contributed by atoms with van der Waals surface area (Å²) in [6, 6.07) is 4.28. The molecule has 0 aliphatic rings. The third-order valence-electron chi connectivity index (χ3n) is 2.62. The zero-order valence-corrected chi connectivity index (χ0v) is 10.9. The molecule has 0 radical (unpaired) electrons. The quantitative estimate of drug-likeness (QED) is 0.811. The Balaban J connectivity index is 1.91. The van der Waals surface area contributed by atoms with Gasteiger partial charge in [-0.05, 0) is 30.0 Å². The summed E-state index contributed by atoms with van der Waals surface area (Å²) >= 11 is 1.67. The van der Waals surface area contributed by atoms with E-state index >= 15 is 0 Å². The number of fused-ring (bicyclic) bond motifs is 1. The number of pyridine rings is 1. The van der Waals surface area contributed by atoms with E-state index in [2.05, 4.69) is 21.1 Å². The van der Waals surface area contributed by atoms with Gasteiger partial charge in [-0.25, -0.2) is 4.79 Å². The number of carbonyl (C=O) groups excluding carboxylic acids is 1. The van der Waals surface area contributed by atoms with Crippen LogP contribution in [0.15, 0.2) is 23.7 Å². The van der Waals surface area contributed by atoms with Gasteiger partial charge in [-0.15, -0.1) is 11.3 Å². The van der Waals surface area contributed by atoms with E-state index in [-0.39, 0.29) is 12.6 Å². The first-order valence-corrected chi connectivity index (χ1v) is 6.53. The monoisotopic (exact) mass is 265 g/mol. The molecule has 0 aromatic carbocycles. The molecule has 3 N–H and O–H groups in total. The van der Waals surface area contributed by atoms with Gasteiger partial charge in [-0.3, -0.25) is 4.98 Å². The van der Waals surface area contributed by atoms with Crippen LogP contribution in [0.3, 0.4) is 0 Å². The molecule has 0 saturated heterocycles. The molecule has 0 spiro atoms. The van der Waals surface area contributed by atoms with Crippen molar-refractivity contribution in [1.29, 1.82) is 0 Å². The van der Waals surface area contributed by atoms with Crippen LogP contribution >= 0.6 is 11.3 Å². The van der Waals surface area contributed by atoms with Gasteiger partial charge in [0.1, 0.15) is 6.61 Å². The van der Waals surface area contributed by atoms with Crippen LogP contribution in [0.5, 0.6) is 0 Å². The van der Waals surface area contributed by atoms with E-state index in [1.165, 1.54) is 4.70 Å². The molecule has 2 heterocycles. The number of ether oxygens (including phenoxy) is 1. The van der Waals surface area contributed by atoms with Crippen molar-refractivity contribution >= 4 is 27.6 Å². The predicted molar refractivity (Wildman–Crippen MR) is 71.6 cm³/mol. The van der Waals surface area contributed by atoms with Gasteiger partial charge in [0, 0.05) is 18.8 Å². The number of thiophene rings is 1. The topological polar surface area (TPSA) is 77.2 Å². The molecule has 1 unspecified atom stereocenters. The number of rotatable bonds is 5. The molecule has 0 saturated carbocycles. The lowest BCUT2D eigenvalue weighted by Crippen LogP contribution is -2.26. The second-order valence-electron chi connectivity index (χ2n) is 3.92. The van der Waals surface area contributed by atoms with Crippen LogP contribution in [0.4, 0.5) is 4.79 Å². The molecular formula is C12H15N3O2S. The number of nitrogens with zero attached hydrogens (tertiary/aromatic N) is 1. The molecule has 6 heteroatoms. The summed E-state index contributed by atoms with van der Waals surface area (Å²) < 4.78 is 5.82. The number of aromatic nitrogens is 1. The van der Waals surface area contributed by atoms with E-state index in [0.717, 1.165) is 11.1 Å². The highest BCUT2D eigenvalue weighted by atomic mass is 32.1. The molecule has 5 nitrogen and oxygen atoms in total. The largest absolute Gasteiger partial charge is 0.448 e. The summed E-state index contributed by atoms with van der Waals surface area (Å²) in [6.45, 7) is 2.88. The van der Waals surface area contributed by atoms with Crippen molar-refractivity contribution in [3.05, 3.63) is 29.3 Å². The fourth-order valence-electron chi connectivity index (χ4n) is 1.64. The Bertz CT molecular complexity index is 541. The molecule has 0 aliphatic carbocycles.